The molecular weight excluding hydrogens is 400 g/mol. The number of aliphatic imine (C=N–C) groups is 1. The summed E-state index contributed by atoms with van der Waals surface area (Å²) in [4.78, 5) is 4.26. The third-order valence-electron chi connectivity index (χ3n) is 4.60. The number of benzene rings is 1. The fourth-order valence-electron chi connectivity index (χ4n) is 3.09. The summed E-state index contributed by atoms with van der Waals surface area (Å²) in [6.07, 6.45) is 2.07. The fraction of sp³-hybridized carbons (Fsp3) is 0.632. The second-order valence-corrected chi connectivity index (χ2v) is 9.44. The molecule has 0 bridgehead atoms. The molecule has 0 aliphatic carbocycles. The maximum Gasteiger partial charge on any atom is 0.214 e. The molecule has 1 saturated heterocycles. The molecule has 7 nitrogen and oxygen atoms in total. The lowest BCUT2D eigenvalue weighted by atomic mass is 10.1. The molecule has 1 fully saturated rings. The van der Waals surface area contributed by atoms with Gasteiger partial charge < -0.3 is 15.4 Å². The summed E-state index contributed by atoms with van der Waals surface area (Å²) < 4.78 is 31.8. The van der Waals surface area contributed by atoms with Crippen molar-refractivity contribution in [2.45, 2.75) is 45.3 Å². The lowest BCUT2D eigenvalue weighted by molar-refractivity contribution is 0.223. The molecule has 158 valence electrons. The van der Waals surface area contributed by atoms with Crippen LogP contribution in [0, 0.1) is 0 Å². The van der Waals surface area contributed by atoms with Crippen molar-refractivity contribution in [1.29, 1.82) is 0 Å². The molecule has 2 rings (SSSR count). The van der Waals surface area contributed by atoms with Gasteiger partial charge in [-0.15, -0.1) is 0 Å². The Balaban J connectivity index is 1.77. The molecule has 1 unspecified atom stereocenters. The van der Waals surface area contributed by atoms with Crippen molar-refractivity contribution in [3.05, 3.63) is 29.3 Å². The van der Waals surface area contributed by atoms with Crippen LogP contribution in [0.25, 0.3) is 0 Å². The first-order valence-corrected chi connectivity index (χ1v) is 11.7. The minimum atomic E-state index is -3.11. The van der Waals surface area contributed by atoms with Crippen LogP contribution in [0.5, 0.6) is 5.75 Å². The summed E-state index contributed by atoms with van der Waals surface area (Å²) in [7, 11) is -1.40. The number of halogens is 1. The number of piperidine rings is 1. The number of sulfonamides is 1. The van der Waals surface area contributed by atoms with Crippen LogP contribution in [0.3, 0.4) is 0 Å². The summed E-state index contributed by atoms with van der Waals surface area (Å²) >= 11 is 6.12. The van der Waals surface area contributed by atoms with E-state index in [9.17, 15) is 8.42 Å². The maximum atomic E-state index is 12.2. The minimum absolute atomic E-state index is 0.0977. The number of rotatable bonds is 8. The molecule has 0 radical (unpaired) electrons. The Morgan fingerprint density at radius 1 is 1.36 bits per heavy atom. The molecular formula is C19H31ClN4O3S. The molecule has 0 spiro atoms. The molecule has 1 aromatic rings. The molecule has 0 saturated carbocycles. The number of nitrogens with one attached hydrogen (secondary N) is 2. The number of para-hydroxylation sites is 1. The van der Waals surface area contributed by atoms with E-state index in [1.165, 1.54) is 0 Å². The van der Waals surface area contributed by atoms with Crippen molar-refractivity contribution < 1.29 is 13.2 Å². The summed E-state index contributed by atoms with van der Waals surface area (Å²) in [5.74, 6) is 1.56. The van der Waals surface area contributed by atoms with Gasteiger partial charge in [0.1, 0.15) is 11.9 Å². The van der Waals surface area contributed by atoms with Crippen LogP contribution in [0.2, 0.25) is 5.02 Å². The summed E-state index contributed by atoms with van der Waals surface area (Å²) in [6, 6.07) is 7.58. The third-order valence-corrected chi connectivity index (χ3v) is 6.98. The van der Waals surface area contributed by atoms with E-state index in [2.05, 4.69) is 15.6 Å². The first-order valence-electron chi connectivity index (χ1n) is 9.72. The lowest BCUT2D eigenvalue weighted by Crippen LogP contribution is -2.51. The zero-order valence-corrected chi connectivity index (χ0v) is 18.4. The van der Waals surface area contributed by atoms with Gasteiger partial charge in [-0.1, -0.05) is 30.7 Å². The number of nitrogens with zero attached hydrogens (tertiary/aromatic N) is 2. The Hall–Kier alpha value is -1.51. The Morgan fingerprint density at radius 3 is 2.64 bits per heavy atom. The second kappa shape index (κ2) is 10.9. The van der Waals surface area contributed by atoms with Gasteiger partial charge in [0.05, 0.1) is 17.3 Å². The highest BCUT2D eigenvalue weighted by atomic mass is 35.5. The molecule has 1 aliphatic heterocycles. The standard InChI is InChI=1S/C19H31ClN4O3S/c1-4-13-28(25,26)24-11-9-16(10-12-24)23-19(21-3)22-14-15(2)27-18-8-6-5-7-17(18)20/h5-8,15-16H,4,9-14H2,1-3H3,(H2,21,22,23). The van der Waals surface area contributed by atoms with E-state index in [1.54, 1.807) is 17.4 Å². The zero-order chi connectivity index (χ0) is 20.6. The first kappa shape index (κ1) is 22.8. The van der Waals surface area contributed by atoms with Crippen LogP contribution in [0.1, 0.15) is 33.1 Å². The van der Waals surface area contributed by atoms with Gasteiger partial charge in [-0.25, -0.2) is 12.7 Å². The molecule has 2 N–H and O–H groups in total. The van der Waals surface area contributed by atoms with Crippen molar-refractivity contribution in [3.8, 4) is 5.75 Å². The maximum absolute atomic E-state index is 12.2. The van der Waals surface area contributed by atoms with E-state index >= 15 is 0 Å². The molecule has 1 heterocycles. The van der Waals surface area contributed by atoms with Crippen molar-refractivity contribution in [3.63, 3.8) is 0 Å². The third kappa shape index (κ3) is 6.83. The molecule has 28 heavy (non-hydrogen) atoms. The smallest absolute Gasteiger partial charge is 0.214 e. The van der Waals surface area contributed by atoms with E-state index in [4.69, 9.17) is 16.3 Å². The van der Waals surface area contributed by atoms with Gasteiger partial charge in [-0.2, -0.15) is 0 Å². The summed E-state index contributed by atoms with van der Waals surface area (Å²) in [6.45, 7) is 5.50. The van der Waals surface area contributed by atoms with E-state index in [-0.39, 0.29) is 17.9 Å². The van der Waals surface area contributed by atoms with Crippen molar-refractivity contribution in [2.75, 3.05) is 32.4 Å². The highest BCUT2D eigenvalue weighted by Crippen LogP contribution is 2.24. The fourth-order valence-corrected chi connectivity index (χ4v) is 4.81. The van der Waals surface area contributed by atoms with E-state index in [1.807, 2.05) is 32.0 Å². The van der Waals surface area contributed by atoms with Gasteiger partial charge in [0.15, 0.2) is 5.96 Å². The van der Waals surface area contributed by atoms with Gasteiger partial charge in [-0.05, 0) is 38.3 Å². The van der Waals surface area contributed by atoms with Crippen LogP contribution in [-0.2, 0) is 10.0 Å². The van der Waals surface area contributed by atoms with Crippen molar-refractivity contribution in [2.24, 2.45) is 4.99 Å². The first-order chi connectivity index (χ1) is 13.4. The Bertz CT molecular complexity index is 749. The van der Waals surface area contributed by atoms with Gasteiger partial charge in [0, 0.05) is 26.2 Å². The van der Waals surface area contributed by atoms with Crippen LogP contribution >= 0.6 is 11.6 Å². The molecule has 9 heteroatoms. The normalized spacial score (nSPS) is 17.9. The van der Waals surface area contributed by atoms with Crippen molar-refractivity contribution >= 4 is 27.6 Å². The van der Waals surface area contributed by atoms with Gasteiger partial charge >= 0.3 is 0 Å². The van der Waals surface area contributed by atoms with Gasteiger partial charge in [0.2, 0.25) is 10.0 Å². The van der Waals surface area contributed by atoms with Crippen LogP contribution in [0.4, 0.5) is 0 Å². The average molecular weight is 431 g/mol. The number of hydrogen-bond donors (Lipinski definition) is 2. The van der Waals surface area contributed by atoms with Crippen LogP contribution in [-0.4, -0.2) is 63.3 Å². The Morgan fingerprint density at radius 2 is 2.04 bits per heavy atom. The lowest BCUT2D eigenvalue weighted by Gasteiger charge is -2.32. The summed E-state index contributed by atoms with van der Waals surface area (Å²) in [5.41, 5.74) is 0. The number of hydrogen-bond acceptors (Lipinski definition) is 4. The molecule has 1 atom stereocenters. The predicted molar refractivity (Wildman–Crippen MR) is 115 cm³/mol. The Labute approximate surface area is 173 Å². The topological polar surface area (TPSA) is 83.0 Å². The monoisotopic (exact) mass is 430 g/mol. The second-order valence-electron chi connectivity index (χ2n) is 6.95. The van der Waals surface area contributed by atoms with Gasteiger partial charge in [-0.3, -0.25) is 4.99 Å². The van der Waals surface area contributed by atoms with Crippen LogP contribution in [0.15, 0.2) is 29.3 Å². The molecule has 1 aromatic carbocycles. The Kier molecular flexibility index (Phi) is 8.85. The highest BCUT2D eigenvalue weighted by Gasteiger charge is 2.27. The average Bonchev–Trinajstić information content (AvgIpc) is 2.67. The molecule has 1 aliphatic rings. The molecule has 0 aromatic heterocycles. The highest BCUT2D eigenvalue weighted by molar-refractivity contribution is 7.89. The van der Waals surface area contributed by atoms with E-state index in [0.29, 0.717) is 42.8 Å². The van der Waals surface area contributed by atoms with E-state index in [0.717, 1.165) is 12.8 Å². The number of ether oxygens (including phenoxy) is 1. The van der Waals surface area contributed by atoms with E-state index < -0.39 is 10.0 Å². The quantitative estimate of drug-likeness (QED) is 0.489. The van der Waals surface area contributed by atoms with Crippen molar-refractivity contribution in [1.82, 2.24) is 14.9 Å². The predicted octanol–water partition coefficient (Wildman–Crippen LogP) is 2.48. The SMILES string of the molecule is CCCS(=O)(=O)N1CCC(NC(=NC)NCC(C)Oc2ccccc2Cl)CC1. The van der Waals surface area contributed by atoms with Crippen LogP contribution < -0.4 is 15.4 Å². The summed E-state index contributed by atoms with van der Waals surface area (Å²) in [5, 5.41) is 7.22. The largest absolute Gasteiger partial charge is 0.487 e. The minimum Gasteiger partial charge on any atom is -0.487 e. The zero-order valence-electron chi connectivity index (χ0n) is 16.8. The van der Waals surface area contributed by atoms with Gasteiger partial charge in [0.25, 0.3) is 0 Å². The number of guanidine groups is 1. The molecule has 0 amide bonds.